The molecule has 0 radical (unpaired) electrons. The topological polar surface area (TPSA) is 59.2 Å². The van der Waals surface area contributed by atoms with Crippen LogP contribution in [0.15, 0.2) is 12.1 Å². The lowest BCUT2D eigenvalue weighted by Gasteiger charge is -2.14. The predicted molar refractivity (Wildman–Crippen MR) is 59.5 cm³/mol. The third kappa shape index (κ3) is 2.53. The molecule has 0 aromatic carbocycles. The van der Waals surface area contributed by atoms with Crippen molar-refractivity contribution >= 4 is 5.91 Å². The van der Waals surface area contributed by atoms with Gasteiger partial charge in [0, 0.05) is 25.8 Å². The molecule has 1 aromatic heterocycles. The third-order valence-corrected chi connectivity index (χ3v) is 2.46. The van der Waals surface area contributed by atoms with Crippen molar-refractivity contribution in [2.75, 3.05) is 13.6 Å². The van der Waals surface area contributed by atoms with Gasteiger partial charge < -0.3 is 10.6 Å². The number of amides is 1. The largest absolute Gasteiger partial charge is 0.341 e. The Morgan fingerprint density at radius 1 is 1.53 bits per heavy atom. The maximum atomic E-state index is 11.8. The summed E-state index contributed by atoms with van der Waals surface area (Å²) in [5, 5.41) is 0. The van der Waals surface area contributed by atoms with Gasteiger partial charge >= 0.3 is 0 Å². The molecule has 0 atom stereocenters. The molecule has 0 spiro atoms. The van der Waals surface area contributed by atoms with Crippen LogP contribution in [0.1, 0.15) is 28.7 Å². The summed E-state index contributed by atoms with van der Waals surface area (Å²) >= 11 is 0. The highest BCUT2D eigenvalue weighted by atomic mass is 16.2. The van der Waals surface area contributed by atoms with E-state index in [0.717, 1.165) is 11.3 Å². The number of nitrogens with two attached hydrogens (primary N) is 1. The summed E-state index contributed by atoms with van der Waals surface area (Å²) < 4.78 is 0. The molecule has 0 aliphatic carbocycles. The highest BCUT2D eigenvalue weighted by Gasteiger charge is 2.12. The van der Waals surface area contributed by atoms with Gasteiger partial charge in [-0.05, 0) is 25.5 Å². The molecule has 0 fully saturated rings. The van der Waals surface area contributed by atoms with Crippen LogP contribution in [0.4, 0.5) is 0 Å². The fraction of sp³-hybridized carbons (Fsp3) is 0.455. The molecule has 2 N–H and O–H groups in total. The van der Waals surface area contributed by atoms with Crippen molar-refractivity contribution in [3.8, 4) is 0 Å². The molecule has 0 aliphatic heterocycles. The lowest BCUT2D eigenvalue weighted by atomic mass is 10.2. The minimum absolute atomic E-state index is 0.0517. The van der Waals surface area contributed by atoms with Crippen molar-refractivity contribution in [2.24, 2.45) is 5.73 Å². The van der Waals surface area contributed by atoms with E-state index >= 15 is 0 Å². The monoisotopic (exact) mass is 207 g/mol. The lowest BCUT2D eigenvalue weighted by Crippen LogP contribution is -2.27. The van der Waals surface area contributed by atoms with Crippen molar-refractivity contribution in [1.82, 2.24) is 9.88 Å². The summed E-state index contributed by atoms with van der Waals surface area (Å²) in [5.74, 6) is -0.0517. The van der Waals surface area contributed by atoms with Crippen molar-refractivity contribution in [1.29, 1.82) is 0 Å². The fourth-order valence-electron chi connectivity index (χ4n) is 1.26. The van der Waals surface area contributed by atoms with Gasteiger partial charge in [-0.2, -0.15) is 0 Å². The molecule has 82 valence electrons. The summed E-state index contributed by atoms with van der Waals surface area (Å²) in [4.78, 5) is 17.6. The highest BCUT2D eigenvalue weighted by Crippen LogP contribution is 2.07. The Morgan fingerprint density at radius 2 is 2.20 bits per heavy atom. The summed E-state index contributed by atoms with van der Waals surface area (Å²) in [6.07, 6.45) is 0. The minimum Gasteiger partial charge on any atom is -0.341 e. The van der Waals surface area contributed by atoms with E-state index in [4.69, 9.17) is 5.73 Å². The van der Waals surface area contributed by atoms with Crippen molar-refractivity contribution in [3.63, 3.8) is 0 Å². The highest BCUT2D eigenvalue weighted by molar-refractivity contribution is 5.92. The Labute approximate surface area is 90.1 Å². The molecule has 0 saturated heterocycles. The van der Waals surface area contributed by atoms with Gasteiger partial charge in [-0.25, -0.2) is 4.98 Å². The first-order chi connectivity index (χ1) is 7.10. The molecule has 1 heterocycles. The number of aromatic nitrogens is 1. The summed E-state index contributed by atoms with van der Waals surface area (Å²) in [5.41, 5.74) is 7.81. The average Bonchev–Trinajstić information content (AvgIpc) is 2.26. The first-order valence-electron chi connectivity index (χ1n) is 5.02. The van der Waals surface area contributed by atoms with E-state index in [1.807, 2.05) is 19.9 Å². The smallest absolute Gasteiger partial charge is 0.272 e. The Kier molecular flexibility index (Phi) is 3.80. The summed E-state index contributed by atoms with van der Waals surface area (Å²) in [6, 6.07) is 3.59. The Balaban J connectivity index is 2.97. The van der Waals surface area contributed by atoms with E-state index in [2.05, 4.69) is 4.98 Å². The normalized spacial score (nSPS) is 10.1. The van der Waals surface area contributed by atoms with E-state index in [1.165, 1.54) is 0 Å². The number of pyridine rings is 1. The SMILES string of the molecule is CCN(C)C(=O)c1ccc(CN)c(C)n1. The second kappa shape index (κ2) is 4.89. The zero-order chi connectivity index (χ0) is 11.4. The van der Waals surface area contributed by atoms with Crippen LogP contribution in [0.3, 0.4) is 0 Å². The molecule has 1 aromatic rings. The van der Waals surface area contributed by atoms with Gasteiger partial charge in [-0.15, -0.1) is 0 Å². The van der Waals surface area contributed by atoms with Crippen LogP contribution in [0, 0.1) is 6.92 Å². The van der Waals surface area contributed by atoms with E-state index in [0.29, 0.717) is 18.8 Å². The molecular formula is C11H17N3O. The summed E-state index contributed by atoms with van der Waals surface area (Å²) in [6.45, 7) is 4.93. The molecule has 4 nitrogen and oxygen atoms in total. The van der Waals surface area contributed by atoms with Crippen molar-refractivity contribution in [3.05, 3.63) is 29.1 Å². The van der Waals surface area contributed by atoms with Crippen LogP contribution in [0.5, 0.6) is 0 Å². The van der Waals surface area contributed by atoms with Gasteiger partial charge in [-0.3, -0.25) is 4.79 Å². The maximum absolute atomic E-state index is 11.8. The first-order valence-corrected chi connectivity index (χ1v) is 5.02. The van der Waals surface area contributed by atoms with Crippen LogP contribution < -0.4 is 5.73 Å². The number of hydrogen-bond donors (Lipinski definition) is 1. The quantitative estimate of drug-likeness (QED) is 0.802. The van der Waals surface area contributed by atoms with Crippen LogP contribution in [-0.4, -0.2) is 29.4 Å². The molecule has 0 unspecified atom stereocenters. The van der Waals surface area contributed by atoms with E-state index in [-0.39, 0.29) is 5.91 Å². The molecule has 0 bridgehead atoms. The zero-order valence-electron chi connectivity index (χ0n) is 9.45. The second-order valence-corrected chi connectivity index (χ2v) is 3.46. The van der Waals surface area contributed by atoms with Gasteiger partial charge in [0.15, 0.2) is 0 Å². The van der Waals surface area contributed by atoms with Crippen LogP contribution >= 0.6 is 0 Å². The molecule has 1 rings (SSSR count). The van der Waals surface area contributed by atoms with E-state index in [1.54, 1.807) is 18.0 Å². The van der Waals surface area contributed by atoms with Crippen LogP contribution in [-0.2, 0) is 6.54 Å². The Bertz CT molecular complexity index is 363. The van der Waals surface area contributed by atoms with E-state index in [9.17, 15) is 4.79 Å². The van der Waals surface area contributed by atoms with Gasteiger partial charge in [-0.1, -0.05) is 6.07 Å². The number of aryl methyl sites for hydroxylation is 1. The van der Waals surface area contributed by atoms with Crippen molar-refractivity contribution < 1.29 is 4.79 Å². The molecule has 0 saturated carbocycles. The van der Waals surface area contributed by atoms with Crippen LogP contribution in [0.2, 0.25) is 0 Å². The number of rotatable bonds is 3. The zero-order valence-corrected chi connectivity index (χ0v) is 9.45. The Morgan fingerprint density at radius 3 is 2.67 bits per heavy atom. The number of hydrogen-bond acceptors (Lipinski definition) is 3. The molecule has 0 aliphatic rings. The van der Waals surface area contributed by atoms with Crippen LogP contribution in [0.25, 0.3) is 0 Å². The first kappa shape index (κ1) is 11.7. The van der Waals surface area contributed by atoms with Gasteiger partial charge in [0.2, 0.25) is 0 Å². The van der Waals surface area contributed by atoms with Crippen molar-refractivity contribution in [2.45, 2.75) is 20.4 Å². The van der Waals surface area contributed by atoms with Gasteiger partial charge in [0.1, 0.15) is 5.69 Å². The van der Waals surface area contributed by atoms with E-state index < -0.39 is 0 Å². The summed E-state index contributed by atoms with van der Waals surface area (Å²) in [7, 11) is 1.76. The average molecular weight is 207 g/mol. The lowest BCUT2D eigenvalue weighted by molar-refractivity contribution is 0.0796. The Hall–Kier alpha value is -1.42. The third-order valence-electron chi connectivity index (χ3n) is 2.46. The number of carbonyl (C=O) groups excluding carboxylic acids is 1. The maximum Gasteiger partial charge on any atom is 0.272 e. The predicted octanol–water partition coefficient (Wildman–Crippen LogP) is 0.941. The molecule has 1 amide bonds. The van der Waals surface area contributed by atoms with Gasteiger partial charge in [0.05, 0.1) is 0 Å². The number of nitrogens with zero attached hydrogens (tertiary/aromatic N) is 2. The molecular weight excluding hydrogens is 190 g/mol. The molecule has 15 heavy (non-hydrogen) atoms. The van der Waals surface area contributed by atoms with Gasteiger partial charge in [0.25, 0.3) is 5.91 Å². The minimum atomic E-state index is -0.0517. The second-order valence-electron chi connectivity index (χ2n) is 3.46. The fourth-order valence-corrected chi connectivity index (χ4v) is 1.26. The number of carbonyl (C=O) groups is 1. The standard InChI is InChI=1S/C11H17N3O/c1-4-14(3)11(15)10-6-5-9(7-12)8(2)13-10/h5-6H,4,7,12H2,1-3H3. The molecule has 4 heteroatoms.